The van der Waals surface area contributed by atoms with E-state index in [0.717, 1.165) is 12.8 Å². The highest BCUT2D eigenvalue weighted by Crippen LogP contribution is 2.22. The van der Waals surface area contributed by atoms with E-state index in [2.05, 4.69) is 10.3 Å². The van der Waals surface area contributed by atoms with Gasteiger partial charge in [-0.05, 0) is 56.2 Å². The summed E-state index contributed by atoms with van der Waals surface area (Å²) in [7, 11) is -3.51. The highest BCUT2D eigenvalue weighted by Gasteiger charge is 2.27. The zero-order valence-corrected chi connectivity index (χ0v) is 17.2. The van der Waals surface area contributed by atoms with E-state index in [4.69, 9.17) is 16.3 Å². The second-order valence-electron chi connectivity index (χ2n) is 6.54. The van der Waals surface area contributed by atoms with Crippen molar-refractivity contribution in [2.24, 2.45) is 0 Å². The van der Waals surface area contributed by atoms with Gasteiger partial charge in [-0.2, -0.15) is 4.31 Å². The minimum absolute atomic E-state index is 0.172. The van der Waals surface area contributed by atoms with E-state index in [9.17, 15) is 18.0 Å². The summed E-state index contributed by atoms with van der Waals surface area (Å²) in [6, 6.07) is 8.78. The van der Waals surface area contributed by atoms with Gasteiger partial charge < -0.3 is 10.1 Å². The van der Waals surface area contributed by atoms with Crippen molar-refractivity contribution < 1.29 is 22.7 Å². The van der Waals surface area contributed by atoms with Crippen molar-refractivity contribution >= 4 is 39.2 Å². The second kappa shape index (κ2) is 8.89. The number of nitrogens with one attached hydrogen (secondary N) is 1. The first-order chi connectivity index (χ1) is 13.8. The summed E-state index contributed by atoms with van der Waals surface area (Å²) in [4.78, 5) is 28.3. The summed E-state index contributed by atoms with van der Waals surface area (Å²) in [5.41, 5.74) is 0.567. The molecule has 0 unspecified atom stereocenters. The van der Waals surface area contributed by atoms with Crippen LogP contribution < -0.4 is 5.32 Å². The molecule has 1 aliphatic heterocycles. The third-order valence-corrected chi connectivity index (χ3v) is 6.58. The average Bonchev–Trinajstić information content (AvgIpc) is 3.24. The summed E-state index contributed by atoms with van der Waals surface area (Å²) in [5.74, 6) is -1.25. The molecule has 0 radical (unpaired) electrons. The van der Waals surface area contributed by atoms with Gasteiger partial charge >= 0.3 is 5.97 Å². The SMILES string of the molecule is C[C@H](OC(=O)c1ccc(Cl)nc1)C(=O)Nc1ccc(S(=O)(=O)N2CCCC2)cc1. The summed E-state index contributed by atoms with van der Waals surface area (Å²) in [6.07, 6.45) is 1.91. The van der Waals surface area contributed by atoms with Crippen LogP contribution in [0.4, 0.5) is 5.69 Å². The van der Waals surface area contributed by atoms with Crippen LogP contribution in [0.25, 0.3) is 0 Å². The first-order valence-electron chi connectivity index (χ1n) is 9.01. The highest BCUT2D eigenvalue weighted by atomic mass is 35.5. The van der Waals surface area contributed by atoms with Crippen LogP contribution in [0.2, 0.25) is 5.15 Å². The van der Waals surface area contributed by atoms with Crippen LogP contribution in [0.5, 0.6) is 0 Å². The van der Waals surface area contributed by atoms with Gasteiger partial charge in [0.2, 0.25) is 10.0 Å². The van der Waals surface area contributed by atoms with Crippen molar-refractivity contribution in [2.45, 2.75) is 30.8 Å². The number of amides is 1. The molecule has 0 spiro atoms. The summed E-state index contributed by atoms with van der Waals surface area (Å²) < 4.78 is 31.6. The minimum Gasteiger partial charge on any atom is -0.449 e. The molecule has 0 bridgehead atoms. The molecule has 8 nitrogen and oxygen atoms in total. The Morgan fingerprint density at radius 2 is 1.79 bits per heavy atom. The van der Waals surface area contributed by atoms with Gasteiger partial charge in [0.1, 0.15) is 5.15 Å². The highest BCUT2D eigenvalue weighted by molar-refractivity contribution is 7.89. The molecule has 10 heteroatoms. The normalized spacial score (nSPS) is 15.7. The average molecular weight is 438 g/mol. The van der Waals surface area contributed by atoms with Gasteiger partial charge in [-0.25, -0.2) is 18.2 Å². The molecular weight excluding hydrogens is 418 g/mol. The maximum atomic E-state index is 12.5. The Balaban J connectivity index is 1.59. The van der Waals surface area contributed by atoms with E-state index in [0.29, 0.717) is 18.8 Å². The molecule has 1 N–H and O–H groups in total. The summed E-state index contributed by atoms with van der Waals surface area (Å²) in [5, 5.41) is 2.83. The predicted octanol–water partition coefficient (Wildman–Crippen LogP) is 2.70. The lowest BCUT2D eigenvalue weighted by Gasteiger charge is -2.16. The van der Waals surface area contributed by atoms with E-state index in [1.54, 1.807) is 0 Å². The van der Waals surface area contributed by atoms with E-state index in [1.165, 1.54) is 53.8 Å². The second-order valence-corrected chi connectivity index (χ2v) is 8.87. The Hall–Kier alpha value is -2.49. The number of esters is 1. The fourth-order valence-electron chi connectivity index (χ4n) is 2.81. The third-order valence-electron chi connectivity index (χ3n) is 4.44. The Kier molecular flexibility index (Phi) is 6.51. The molecule has 1 atom stereocenters. The summed E-state index contributed by atoms with van der Waals surface area (Å²) >= 11 is 5.67. The Bertz CT molecular complexity index is 988. The van der Waals surface area contributed by atoms with Crippen molar-refractivity contribution in [3.63, 3.8) is 0 Å². The molecule has 1 aromatic carbocycles. The topological polar surface area (TPSA) is 106 Å². The molecule has 1 amide bonds. The van der Waals surface area contributed by atoms with Crippen molar-refractivity contribution in [1.29, 1.82) is 0 Å². The number of anilines is 1. The molecule has 1 aromatic heterocycles. The van der Waals surface area contributed by atoms with Crippen LogP contribution in [0, 0.1) is 0 Å². The maximum Gasteiger partial charge on any atom is 0.340 e. The molecule has 1 aliphatic rings. The Morgan fingerprint density at radius 1 is 1.14 bits per heavy atom. The molecule has 3 rings (SSSR count). The number of nitrogens with zero attached hydrogens (tertiary/aromatic N) is 2. The molecule has 0 saturated carbocycles. The summed E-state index contributed by atoms with van der Waals surface area (Å²) in [6.45, 7) is 2.47. The number of pyridine rings is 1. The van der Waals surface area contributed by atoms with Crippen molar-refractivity contribution in [3.05, 3.63) is 53.3 Å². The van der Waals surface area contributed by atoms with Crippen LogP contribution >= 0.6 is 11.6 Å². The Labute approximate surface area is 173 Å². The smallest absolute Gasteiger partial charge is 0.340 e. The number of hydrogen-bond donors (Lipinski definition) is 1. The molecule has 154 valence electrons. The number of sulfonamides is 1. The van der Waals surface area contributed by atoms with Gasteiger partial charge in [-0.3, -0.25) is 4.79 Å². The molecule has 2 aromatic rings. The van der Waals surface area contributed by atoms with Gasteiger partial charge in [0, 0.05) is 25.0 Å². The first kappa shape index (κ1) is 21.2. The number of hydrogen-bond acceptors (Lipinski definition) is 6. The van der Waals surface area contributed by atoms with Gasteiger partial charge in [0.15, 0.2) is 6.10 Å². The lowest BCUT2D eigenvalue weighted by Crippen LogP contribution is -2.30. The van der Waals surface area contributed by atoms with E-state index < -0.39 is 28.0 Å². The fourth-order valence-corrected chi connectivity index (χ4v) is 4.44. The number of carbonyl (C=O) groups excluding carboxylic acids is 2. The number of rotatable bonds is 6. The number of carbonyl (C=O) groups is 2. The van der Waals surface area contributed by atoms with Gasteiger partial charge in [-0.15, -0.1) is 0 Å². The van der Waals surface area contributed by atoms with Gasteiger partial charge in [0.05, 0.1) is 10.5 Å². The van der Waals surface area contributed by atoms with Crippen molar-refractivity contribution in [1.82, 2.24) is 9.29 Å². The van der Waals surface area contributed by atoms with Crippen LogP contribution in [-0.4, -0.2) is 48.8 Å². The van der Waals surface area contributed by atoms with Crippen LogP contribution in [-0.2, 0) is 19.6 Å². The van der Waals surface area contributed by atoms with E-state index >= 15 is 0 Å². The number of ether oxygens (including phenoxy) is 1. The largest absolute Gasteiger partial charge is 0.449 e. The predicted molar refractivity (Wildman–Crippen MR) is 107 cm³/mol. The number of benzene rings is 1. The van der Waals surface area contributed by atoms with Crippen molar-refractivity contribution in [3.8, 4) is 0 Å². The Morgan fingerprint density at radius 3 is 2.38 bits per heavy atom. The van der Waals surface area contributed by atoms with Crippen molar-refractivity contribution in [2.75, 3.05) is 18.4 Å². The minimum atomic E-state index is -3.51. The van der Waals surface area contributed by atoms with Crippen LogP contribution in [0.15, 0.2) is 47.5 Å². The van der Waals surface area contributed by atoms with Gasteiger partial charge in [-0.1, -0.05) is 11.6 Å². The third kappa shape index (κ3) is 5.11. The number of aromatic nitrogens is 1. The molecule has 0 aliphatic carbocycles. The standard InChI is InChI=1S/C19H20ClN3O5S/c1-13(28-19(25)14-4-9-17(20)21-12-14)18(24)22-15-5-7-16(8-6-15)29(26,27)23-10-2-3-11-23/h4-9,12-13H,2-3,10-11H2,1H3,(H,22,24)/t13-/m0/s1. The van der Waals surface area contributed by atoms with Crippen LogP contribution in [0.3, 0.4) is 0 Å². The maximum absolute atomic E-state index is 12.5. The molecule has 29 heavy (non-hydrogen) atoms. The van der Waals surface area contributed by atoms with Crippen LogP contribution in [0.1, 0.15) is 30.1 Å². The van der Waals surface area contributed by atoms with E-state index in [1.807, 2.05) is 0 Å². The zero-order valence-electron chi connectivity index (χ0n) is 15.7. The fraction of sp³-hybridized carbons (Fsp3) is 0.316. The van der Waals surface area contributed by atoms with E-state index in [-0.39, 0.29) is 15.6 Å². The number of halogens is 1. The lowest BCUT2D eigenvalue weighted by molar-refractivity contribution is -0.123. The first-order valence-corrected chi connectivity index (χ1v) is 10.8. The monoisotopic (exact) mass is 437 g/mol. The molecule has 2 heterocycles. The molecule has 1 fully saturated rings. The quantitative estimate of drug-likeness (QED) is 0.550. The van der Waals surface area contributed by atoms with Gasteiger partial charge in [0.25, 0.3) is 5.91 Å². The zero-order chi connectivity index (χ0) is 21.0. The lowest BCUT2D eigenvalue weighted by atomic mass is 10.2. The molecular formula is C19H20ClN3O5S. The molecule has 1 saturated heterocycles.